The largest absolute Gasteiger partial charge is 0.397 e. The fourth-order valence-corrected chi connectivity index (χ4v) is 4.37. The van der Waals surface area contributed by atoms with Crippen molar-refractivity contribution < 1.29 is 4.79 Å². The summed E-state index contributed by atoms with van der Waals surface area (Å²) in [4.78, 5) is 13.9. The third kappa shape index (κ3) is 2.64. The average molecular weight is 306 g/mol. The molecular formula is C15H22N4OS. The van der Waals surface area contributed by atoms with Crippen molar-refractivity contribution in [3.63, 3.8) is 0 Å². The van der Waals surface area contributed by atoms with E-state index in [0.717, 1.165) is 34.8 Å². The number of nitrogen functional groups attached to an aromatic ring is 1. The molecule has 1 aliphatic carbocycles. The van der Waals surface area contributed by atoms with Crippen molar-refractivity contribution in [1.82, 2.24) is 15.1 Å². The second-order valence-corrected chi connectivity index (χ2v) is 6.93. The van der Waals surface area contributed by atoms with E-state index in [1.807, 2.05) is 14.0 Å². The third-order valence-electron chi connectivity index (χ3n) is 4.40. The summed E-state index contributed by atoms with van der Waals surface area (Å²) in [5.41, 5.74) is 7.59. The Bertz CT molecular complexity index is 667. The highest BCUT2D eigenvalue weighted by Crippen LogP contribution is 2.35. The van der Waals surface area contributed by atoms with Crippen molar-refractivity contribution >= 4 is 33.1 Å². The lowest BCUT2D eigenvalue weighted by Crippen LogP contribution is -2.25. The van der Waals surface area contributed by atoms with Gasteiger partial charge in [0.2, 0.25) is 0 Å². The van der Waals surface area contributed by atoms with Gasteiger partial charge in [-0.05, 0) is 19.3 Å². The van der Waals surface area contributed by atoms with Gasteiger partial charge in [-0.3, -0.25) is 9.48 Å². The van der Waals surface area contributed by atoms with Gasteiger partial charge in [0, 0.05) is 13.6 Å². The molecule has 3 N–H and O–H groups in total. The lowest BCUT2D eigenvalue weighted by molar-refractivity contribution is 0.0956. The Kier molecular flexibility index (Phi) is 3.89. The quantitative estimate of drug-likeness (QED) is 0.912. The smallest absolute Gasteiger partial charge is 0.263 e. The van der Waals surface area contributed by atoms with Crippen molar-refractivity contribution in [2.24, 2.45) is 13.0 Å². The molecule has 1 aliphatic rings. The minimum atomic E-state index is -0.0499. The molecule has 2 heterocycles. The summed E-state index contributed by atoms with van der Waals surface area (Å²) >= 11 is 1.43. The van der Waals surface area contributed by atoms with Crippen LogP contribution in [0, 0.1) is 12.8 Å². The van der Waals surface area contributed by atoms with E-state index in [0.29, 0.717) is 10.6 Å². The van der Waals surface area contributed by atoms with E-state index in [1.54, 1.807) is 4.68 Å². The summed E-state index contributed by atoms with van der Waals surface area (Å²) in [6.45, 7) is 2.67. The summed E-state index contributed by atoms with van der Waals surface area (Å²) in [5.74, 6) is 0.739. The minimum absolute atomic E-state index is 0.0499. The Morgan fingerprint density at radius 1 is 1.48 bits per heavy atom. The molecule has 0 bridgehead atoms. The zero-order valence-corrected chi connectivity index (χ0v) is 13.4. The number of rotatable bonds is 4. The Balaban J connectivity index is 1.69. The van der Waals surface area contributed by atoms with Gasteiger partial charge in [0.1, 0.15) is 9.71 Å². The predicted molar refractivity (Wildman–Crippen MR) is 86.6 cm³/mol. The highest BCUT2D eigenvalue weighted by atomic mass is 32.1. The Morgan fingerprint density at radius 2 is 2.19 bits per heavy atom. The first-order valence-electron chi connectivity index (χ1n) is 7.57. The molecule has 0 aliphatic heterocycles. The molecule has 21 heavy (non-hydrogen) atoms. The van der Waals surface area contributed by atoms with Gasteiger partial charge in [0.25, 0.3) is 5.91 Å². The first-order valence-corrected chi connectivity index (χ1v) is 8.39. The SMILES string of the molecule is Cc1nn(C)c2sc(C(=O)NCCC3CCCC3)c(N)c12. The van der Waals surface area contributed by atoms with Crippen molar-refractivity contribution in [3.8, 4) is 0 Å². The number of hydrogen-bond acceptors (Lipinski definition) is 4. The molecule has 0 aromatic carbocycles. The summed E-state index contributed by atoms with van der Waals surface area (Å²) < 4.78 is 1.79. The van der Waals surface area contributed by atoms with Crippen LogP contribution in [-0.4, -0.2) is 22.2 Å². The summed E-state index contributed by atoms with van der Waals surface area (Å²) in [6.07, 6.45) is 6.39. The van der Waals surface area contributed by atoms with E-state index in [-0.39, 0.29) is 5.91 Å². The highest BCUT2D eigenvalue weighted by Gasteiger charge is 2.21. The van der Waals surface area contributed by atoms with Crippen LogP contribution in [0.5, 0.6) is 0 Å². The van der Waals surface area contributed by atoms with Gasteiger partial charge in [-0.1, -0.05) is 25.7 Å². The zero-order chi connectivity index (χ0) is 15.0. The summed E-state index contributed by atoms with van der Waals surface area (Å²) in [6, 6.07) is 0. The van der Waals surface area contributed by atoms with E-state index in [2.05, 4.69) is 10.4 Å². The number of nitrogens with zero attached hydrogens (tertiary/aromatic N) is 2. The van der Waals surface area contributed by atoms with E-state index in [4.69, 9.17) is 5.73 Å². The van der Waals surface area contributed by atoms with Crippen LogP contribution in [0.1, 0.15) is 47.5 Å². The molecule has 2 aromatic heterocycles. The van der Waals surface area contributed by atoms with Gasteiger partial charge < -0.3 is 11.1 Å². The Labute approximate surface area is 128 Å². The van der Waals surface area contributed by atoms with Crippen LogP contribution < -0.4 is 11.1 Å². The van der Waals surface area contributed by atoms with Gasteiger partial charge in [0.05, 0.1) is 16.8 Å². The minimum Gasteiger partial charge on any atom is -0.397 e. The zero-order valence-electron chi connectivity index (χ0n) is 12.6. The number of carbonyl (C=O) groups is 1. The molecule has 1 fully saturated rings. The fourth-order valence-electron chi connectivity index (χ4n) is 3.27. The van der Waals surface area contributed by atoms with Gasteiger partial charge in [-0.15, -0.1) is 11.3 Å². The number of aromatic nitrogens is 2. The number of carbonyl (C=O) groups excluding carboxylic acids is 1. The first-order chi connectivity index (χ1) is 10.1. The maximum Gasteiger partial charge on any atom is 0.263 e. The molecule has 0 spiro atoms. The van der Waals surface area contributed by atoms with Gasteiger partial charge in [0.15, 0.2) is 0 Å². The van der Waals surface area contributed by atoms with Crippen molar-refractivity contribution in [2.45, 2.75) is 39.0 Å². The number of amides is 1. The van der Waals surface area contributed by atoms with Crippen LogP contribution in [0.4, 0.5) is 5.69 Å². The molecule has 0 unspecified atom stereocenters. The van der Waals surface area contributed by atoms with Gasteiger partial charge in [-0.2, -0.15) is 5.10 Å². The average Bonchev–Trinajstić information content (AvgIpc) is 3.11. The van der Waals surface area contributed by atoms with Crippen molar-refractivity contribution in [2.75, 3.05) is 12.3 Å². The topological polar surface area (TPSA) is 72.9 Å². The molecule has 0 saturated heterocycles. The molecule has 2 aromatic rings. The van der Waals surface area contributed by atoms with Crippen molar-refractivity contribution in [1.29, 1.82) is 0 Å². The van der Waals surface area contributed by atoms with Crippen molar-refractivity contribution in [3.05, 3.63) is 10.6 Å². The van der Waals surface area contributed by atoms with Crippen LogP contribution in [0.3, 0.4) is 0 Å². The molecular weight excluding hydrogens is 284 g/mol. The lowest BCUT2D eigenvalue weighted by Gasteiger charge is -2.09. The van der Waals surface area contributed by atoms with Crippen LogP contribution in [-0.2, 0) is 7.05 Å². The van der Waals surface area contributed by atoms with E-state index in [9.17, 15) is 4.79 Å². The standard InChI is InChI=1S/C15H22N4OS/c1-9-11-12(16)13(21-15(11)19(2)18-9)14(20)17-8-7-10-5-3-4-6-10/h10H,3-8,16H2,1-2H3,(H,17,20). The third-order valence-corrected chi connectivity index (χ3v) is 5.67. The molecule has 5 nitrogen and oxygen atoms in total. The van der Waals surface area contributed by atoms with Crippen LogP contribution in [0.2, 0.25) is 0 Å². The number of fused-ring (bicyclic) bond motifs is 1. The first kappa shape index (κ1) is 14.4. The number of thiophene rings is 1. The summed E-state index contributed by atoms with van der Waals surface area (Å²) in [7, 11) is 1.88. The molecule has 1 amide bonds. The van der Waals surface area contributed by atoms with Crippen LogP contribution in [0.25, 0.3) is 10.2 Å². The van der Waals surface area contributed by atoms with E-state index in [1.165, 1.54) is 37.0 Å². The second-order valence-electron chi connectivity index (χ2n) is 5.93. The molecule has 3 rings (SSSR count). The highest BCUT2D eigenvalue weighted by molar-refractivity contribution is 7.21. The Hall–Kier alpha value is -1.56. The number of hydrogen-bond donors (Lipinski definition) is 2. The number of nitrogens with two attached hydrogens (primary N) is 1. The number of nitrogens with one attached hydrogen (secondary N) is 1. The summed E-state index contributed by atoms with van der Waals surface area (Å²) in [5, 5.41) is 8.28. The lowest BCUT2D eigenvalue weighted by atomic mass is 10.0. The van der Waals surface area contributed by atoms with Crippen LogP contribution in [0.15, 0.2) is 0 Å². The normalized spacial score (nSPS) is 15.9. The van der Waals surface area contributed by atoms with E-state index < -0.39 is 0 Å². The molecule has 6 heteroatoms. The maximum absolute atomic E-state index is 12.3. The fraction of sp³-hybridized carbons (Fsp3) is 0.600. The van der Waals surface area contributed by atoms with Gasteiger partial charge >= 0.3 is 0 Å². The Morgan fingerprint density at radius 3 is 2.86 bits per heavy atom. The molecule has 1 saturated carbocycles. The maximum atomic E-state index is 12.3. The van der Waals surface area contributed by atoms with Crippen LogP contribution >= 0.6 is 11.3 Å². The molecule has 0 atom stereocenters. The second kappa shape index (κ2) is 5.67. The molecule has 114 valence electrons. The monoisotopic (exact) mass is 306 g/mol. The van der Waals surface area contributed by atoms with E-state index >= 15 is 0 Å². The number of aryl methyl sites for hydroxylation is 2. The number of anilines is 1. The predicted octanol–water partition coefficient (Wildman–Crippen LogP) is 2.84. The van der Waals surface area contributed by atoms with Gasteiger partial charge in [-0.25, -0.2) is 0 Å². The molecule has 0 radical (unpaired) electrons.